The van der Waals surface area contributed by atoms with Crippen LogP contribution in [0, 0.1) is 0 Å². The highest BCUT2D eigenvalue weighted by atomic mass is 16.7. The van der Waals surface area contributed by atoms with Gasteiger partial charge in [-0.25, -0.2) is 5.06 Å². The lowest BCUT2D eigenvalue weighted by Gasteiger charge is -2.56. The van der Waals surface area contributed by atoms with Crippen LogP contribution in [0.3, 0.4) is 0 Å². The Morgan fingerprint density at radius 1 is 1.21 bits per heavy atom. The van der Waals surface area contributed by atoms with Gasteiger partial charge in [0, 0.05) is 0 Å². The van der Waals surface area contributed by atoms with E-state index in [0.717, 1.165) is 10.6 Å². The quantitative estimate of drug-likeness (QED) is 0.382. The molecule has 1 spiro atoms. The summed E-state index contributed by atoms with van der Waals surface area (Å²) in [5.41, 5.74) is -2.34. The molecule has 6 atom stereocenters. The van der Waals surface area contributed by atoms with Crippen molar-refractivity contribution >= 4 is 5.91 Å². The molecule has 2 heterocycles. The number of rotatable bonds is 4. The van der Waals surface area contributed by atoms with Gasteiger partial charge in [-0.05, 0) is 5.56 Å². The van der Waals surface area contributed by atoms with Crippen LogP contribution in [0.15, 0.2) is 30.3 Å². The zero-order chi connectivity index (χ0) is 17.1. The maximum Gasteiger partial charge on any atom is 0.249 e. The predicted molar refractivity (Wildman–Crippen MR) is 78.1 cm³/mol. The minimum absolute atomic E-state index is 0.0529. The molecule has 130 valence electrons. The molecule has 0 radical (unpaired) electrons. The predicted octanol–water partition coefficient (Wildman–Crippen LogP) is -1.68. The Kier molecular flexibility index (Phi) is 3.47. The van der Waals surface area contributed by atoms with Gasteiger partial charge in [-0.15, -0.1) is 0 Å². The molecule has 3 aliphatic rings. The van der Waals surface area contributed by atoms with Crippen LogP contribution in [0.4, 0.5) is 0 Å². The van der Waals surface area contributed by atoms with Gasteiger partial charge < -0.3 is 25.2 Å². The first kappa shape index (κ1) is 15.9. The molecule has 1 saturated carbocycles. The average Bonchev–Trinajstić information content (AvgIpc) is 3.39. The number of epoxide rings is 1. The van der Waals surface area contributed by atoms with Gasteiger partial charge in [0.25, 0.3) is 0 Å². The first-order valence-corrected chi connectivity index (χ1v) is 7.80. The Morgan fingerprint density at radius 2 is 1.92 bits per heavy atom. The molecule has 3 fully saturated rings. The monoisotopic (exact) mass is 337 g/mol. The largest absolute Gasteiger partial charge is 0.393 e. The minimum Gasteiger partial charge on any atom is -0.393 e. The Morgan fingerprint density at radius 3 is 2.54 bits per heavy atom. The normalized spacial score (nSPS) is 43.5. The lowest BCUT2D eigenvalue weighted by molar-refractivity contribution is -0.307. The van der Waals surface area contributed by atoms with Crippen molar-refractivity contribution in [2.45, 2.75) is 48.6 Å². The second kappa shape index (κ2) is 5.22. The maximum absolute atomic E-state index is 12.0. The molecular formula is C16H19NO7. The summed E-state index contributed by atoms with van der Waals surface area (Å²) in [6.07, 6.45) is -4.74. The molecule has 24 heavy (non-hydrogen) atoms. The Balaban J connectivity index is 1.56. The number of aliphatic hydroxyl groups is 4. The number of β-lactam (4-membered cyclic amide) rings is 1. The number of hydrogen-bond donors (Lipinski definition) is 4. The van der Waals surface area contributed by atoms with E-state index in [4.69, 9.17) is 9.57 Å². The summed E-state index contributed by atoms with van der Waals surface area (Å²) in [5.74, 6) is -0.333. The van der Waals surface area contributed by atoms with Crippen molar-refractivity contribution in [3.8, 4) is 0 Å². The lowest BCUT2D eigenvalue weighted by Crippen LogP contribution is -2.80. The van der Waals surface area contributed by atoms with Crippen LogP contribution < -0.4 is 0 Å². The second-order valence-electron chi connectivity index (χ2n) is 6.63. The third-order valence-electron chi connectivity index (χ3n) is 5.30. The number of hydroxylamine groups is 2. The number of nitrogens with zero attached hydrogens (tertiary/aromatic N) is 1. The summed E-state index contributed by atoms with van der Waals surface area (Å²) < 4.78 is 5.41. The van der Waals surface area contributed by atoms with E-state index in [1.165, 1.54) is 0 Å². The van der Waals surface area contributed by atoms with Crippen molar-refractivity contribution in [3.63, 3.8) is 0 Å². The van der Waals surface area contributed by atoms with E-state index < -0.39 is 42.2 Å². The van der Waals surface area contributed by atoms with E-state index in [-0.39, 0.29) is 18.9 Å². The molecule has 4 rings (SSSR count). The molecule has 2 saturated heterocycles. The number of fused-ring (bicyclic) bond motifs is 2. The summed E-state index contributed by atoms with van der Waals surface area (Å²) in [5, 5.41) is 41.5. The van der Waals surface area contributed by atoms with Crippen LogP contribution in [0.25, 0.3) is 0 Å². The number of hydrogen-bond acceptors (Lipinski definition) is 7. The van der Waals surface area contributed by atoms with Crippen LogP contribution >= 0.6 is 0 Å². The van der Waals surface area contributed by atoms with Crippen LogP contribution in [0.2, 0.25) is 0 Å². The molecule has 8 heteroatoms. The van der Waals surface area contributed by atoms with Gasteiger partial charge in [0.05, 0.1) is 13.0 Å². The molecule has 1 aromatic carbocycles. The fraction of sp³-hybridized carbons (Fsp3) is 0.562. The van der Waals surface area contributed by atoms with Crippen LogP contribution in [0.5, 0.6) is 0 Å². The summed E-state index contributed by atoms with van der Waals surface area (Å²) in [6.45, 7) is -0.625. The molecule has 0 aromatic heterocycles. The smallest absolute Gasteiger partial charge is 0.249 e. The topological polar surface area (TPSA) is 123 Å². The molecule has 2 aliphatic heterocycles. The summed E-state index contributed by atoms with van der Waals surface area (Å²) in [4.78, 5) is 17.6. The van der Waals surface area contributed by atoms with Crippen molar-refractivity contribution < 1.29 is 34.8 Å². The summed E-state index contributed by atoms with van der Waals surface area (Å²) in [6, 6.07) is 9.22. The Hall–Kier alpha value is -1.55. The number of ether oxygens (including phenoxy) is 1. The first-order chi connectivity index (χ1) is 11.4. The molecule has 1 aromatic rings. The van der Waals surface area contributed by atoms with Crippen molar-refractivity contribution in [3.05, 3.63) is 35.9 Å². The highest BCUT2D eigenvalue weighted by Crippen LogP contribution is 2.56. The summed E-state index contributed by atoms with van der Waals surface area (Å²) in [7, 11) is 0. The van der Waals surface area contributed by atoms with Gasteiger partial charge >= 0.3 is 0 Å². The van der Waals surface area contributed by atoms with Crippen molar-refractivity contribution in [1.82, 2.24) is 5.06 Å². The van der Waals surface area contributed by atoms with E-state index >= 15 is 0 Å². The molecule has 1 aliphatic carbocycles. The molecule has 0 bridgehead atoms. The zero-order valence-electron chi connectivity index (χ0n) is 12.8. The third kappa shape index (κ3) is 1.92. The second-order valence-corrected chi connectivity index (χ2v) is 6.63. The van der Waals surface area contributed by atoms with E-state index in [9.17, 15) is 25.2 Å². The molecule has 4 N–H and O–H groups in total. The van der Waals surface area contributed by atoms with Gasteiger partial charge in [-0.2, -0.15) is 0 Å². The van der Waals surface area contributed by atoms with E-state index in [1.807, 2.05) is 30.3 Å². The average molecular weight is 337 g/mol. The van der Waals surface area contributed by atoms with Gasteiger partial charge in [0.1, 0.15) is 42.2 Å². The van der Waals surface area contributed by atoms with E-state index in [0.29, 0.717) is 0 Å². The highest BCUT2D eigenvalue weighted by molar-refractivity contribution is 5.85. The van der Waals surface area contributed by atoms with Gasteiger partial charge in [-0.3, -0.25) is 9.63 Å². The van der Waals surface area contributed by atoms with Crippen molar-refractivity contribution in [2.75, 3.05) is 6.61 Å². The lowest BCUT2D eigenvalue weighted by atomic mass is 9.65. The number of amides is 1. The van der Waals surface area contributed by atoms with Crippen molar-refractivity contribution in [2.24, 2.45) is 0 Å². The van der Waals surface area contributed by atoms with Gasteiger partial charge in [0.2, 0.25) is 5.91 Å². The fourth-order valence-electron chi connectivity index (χ4n) is 3.81. The number of aliphatic hydroxyl groups excluding tert-OH is 3. The Bertz CT molecular complexity index is 655. The van der Waals surface area contributed by atoms with E-state index in [1.54, 1.807) is 0 Å². The number of benzene rings is 1. The SMILES string of the molecule is O=C1C[C@@]2([C@H](O)[C@H](O)[C@](O)(CO)[C@H]3O[C@H]32)N1OCc1ccccc1. The fourth-order valence-corrected chi connectivity index (χ4v) is 3.81. The van der Waals surface area contributed by atoms with Crippen LogP contribution in [-0.2, 0) is 21.0 Å². The number of carbonyl (C=O) groups is 1. The zero-order valence-corrected chi connectivity index (χ0v) is 12.8. The van der Waals surface area contributed by atoms with E-state index in [2.05, 4.69) is 0 Å². The molecule has 8 nitrogen and oxygen atoms in total. The number of carbonyl (C=O) groups excluding carboxylic acids is 1. The molecular weight excluding hydrogens is 318 g/mol. The van der Waals surface area contributed by atoms with Crippen LogP contribution in [-0.4, -0.2) is 73.6 Å². The molecule has 0 unspecified atom stereocenters. The van der Waals surface area contributed by atoms with Gasteiger partial charge in [-0.1, -0.05) is 30.3 Å². The van der Waals surface area contributed by atoms with Crippen molar-refractivity contribution in [1.29, 1.82) is 0 Å². The maximum atomic E-state index is 12.0. The Labute approximate surface area is 137 Å². The highest BCUT2D eigenvalue weighted by Gasteiger charge is 2.80. The summed E-state index contributed by atoms with van der Waals surface area (Å²) >= 11 is 0. The molecule has 1 amide bonds. The third-order valence-corrected chi connectivity index (χ3v) is 5.30. The van der Waals surface area contributed by atoms with Gasteiger partial charge in [0.15, 0.2) is 0 Å². The minimum atomic E-state index is -1.95. The standard InChI is InChI=1S/C16H19NO7/c18-8-16(22)12(21)11(20)15(13-14(16)24-13)6-10(19)17(15)23-7-9-4-2-1-3-5-9/h1-5,11-14,18,20-22H,6-8H2/t11-,12+,13-,14+,15+,16-/m1/s1. The van der Waals surface area contributed by atoms with Crippen LogP contribution in [0.1, 0.15) is 12.0 Å². The first-order valence-electron chi connectivity index (χ1n) is 7.80.